The molecule has 0 amide bonds. The van der Waals surface area contributed by atoms with E-state index in [1.54, 1.807) is 0 Å². The minimum atomic E-state index is -0.220. The molecule has 1 aliphatic rings. The van der Waals surface area contributed by atoms with E-state index >= 15 is 0 Å². The highest BCUT2D eigenvalue weighted by atomic mass is 35.5. The second kappa shape index (κ2) is 6.77. The molecule has 0 N–H and O–H groups in total. The Kier molecular flexibility index (Phi) is 4.74. The van der Waals surface area contributed by atoms with Crippen molar-refractivity contribution in [3.63, 3.8) is 0 Å². The van der Waals surface area contributed by atoms with Crippen LogP contribution in [0.5, 0.6) is 11.5 Å². The molecule has 2 aromatic carbocycles. The maximum Gasteiger partial charge on any atom is 0.179 e. The van der Waals surface area contributed by atoms with Crippen molar-refractivity contribution in [2.45, 2.75) is 19.5 Å². The van der Waals surface area contributed by atoms with E-state index in [-0.39, 0.29) is 11.9 Å². The molecular formula is C18H19ClFNO2. The first-order chi connectivity index (χ1) is 11.0. The lowest BCUT2D eigenvalue weighted by atomic mass is 10.1. The van der Waals surface area contributed by atoms with E-state index in [4.69, 9.17) is 21.1 Å². The van der Waals surface area contributed by atoms with Crippen LogP contribution in [0.4, 0.5) is 4.39 Å². The van der Waals surface area contributed by atoms with Crippen molar-refractivity contribution < 1.29 is 13.9 Å². The van der Waals surface area contributed by atoms with E-state index in [9.17, 15) is 4.39 Å². The summed E-state index contributed by atoms with van der Waals surface area (Å²) >= 11 is 6.28. The van der Waals surface area contributed by atoms with E-state index in [0.29, 0.717) is 36.3 Å². The van der Waals surface area contributed by atoms with Crippen molar-refractivity contribution in [2.24, 2.45) is 0 Å². The molecule has 0 aromatic heterocycles. The van der Waals surface area contributed by atoms with Crippen LogP contribution in [0, 0.1) is 5.82 Å². The van der Waals surface area contributed by atoms with Crippen molar-refractivity contribution in [3.05, 3.63) is 58.4 Å². The molecule has 23 heavy (non-hydrogen) atoms. The average molecular weight is 336 g/mol. The van der Waals surface area contributed by atoms with Gasteiger partial charge in [-0.1, -0.05) is 23.7 Å². The van der Waals surface area contributed by atoms with Gasteiger partial charge < -0.3 is 9.47 Å². The first kappa shape index (κ1) is 16.1. The van der Waals surface area contributed by atoms with Crippen LogP contribution in [0.15, 0.2) is 36.4 Å². The van der Waals surface area contributed by atoms with Gasteiger partial charge in [-0.15, -0.1) is 0 Å². The molecule has 2 aromatic rings. The molecule has 0 saturated carbocycles. The van der Waals surface area contributed by atoms with Gasteiger partial charge in [-0.25, -0.2) is 4.39 Å². The number of hydrogen-bond acceptors (Lipinski definition) is 3. The van der Waals surface area contributed by atoms with Gasteiger partial charge in [0.05, 0.1) is 5.02 Å². The molecule has 122 valence electrons. The lowest BCUT2D eigenvalue weighted by molar-refractivity contribution is 0.171. The van der Waals surface area contributed by atoms with Gasteiger partial charge in [-0.2, -0.15) is 0 Å². The lowest BCUT2D eigenvalue weighted by Gasteiger charge is -2.26. The third-order valence-corrected chi connectivity index (χ3v) is 4.38. The number of hydrogen-bond donors (Lipinski definition) is 0. The third kappa shape index (κ3) is 3.59. The largest absolute Gasteiger partial charge is 0.486 e. The molecule has 3 rings (SSSR count). The summed E-state index contributed by atoms with van der Waals surface area (Å²) in [6.07, 6.45) is 0. The van der Waals surface area contributed by atoms with Crippen LogP contribution in [0.25, 0.3) is 0 Å². The quantitative estimate of drug-likeness (QED) is 0.824. The molecule has 0 bridgehead atoms. The van der Waals surface area contributed by atoms with E-state index in [1.165, 1.54) is 12.1 Å². The predicted molar refractivity (Wildman–Crippen MR) is 88.7 cm³/mol. The van der Waals surface area contributed by atoms with Crippen molar-refractivity contribution in [1.29, 1.82) is 0 Å². The Hall–Kier alpha value is -1.78. The van der Waals surface area contributed by atoms with Gasteiger partial charge in [-0.3, -0.25) is 4.90 Å². The number of halogens is 2. The molecule has 0 fully saturated rings. The highest BCUT2D eigenvalue weighted by Crippen LogP contribution is 2.38. The minimum Gasteiger partial charge on any atom is -0.486 e. The van der Waals surface area contributed by atoms with Gasteiger partial charge in [0.1, 0.15) is 19.0 Å². The Balaban J connectivity index is 1.75. The summed E-state index contributed by atoms with van der Waals surface area (Å²) in [6.45, 7) is 3.85. The molecular weight excluding hydrogens is 317 g/mol. The van der Waals surface area contributed by atoms with Gasteiger partial charge >= 0.3 is 0 Å². The van der Waals surface area contributed by atoms with E-state index in [2.05, 4.69) is 11.8 Å². The SMILES string of the molecule is CC(c1ccc(F)cc1)N(C)Cc1cc(Cl)c2c(c1)OCCO2. The fourth-order valence-electron chi connectivity index (χ4n) is 2.68. The van der Waals surface area contributed by atoms with Gasteiger partial charge in [-0.05, 0) is 49.4 Å². The summed E-state index contributed by atoms with van der Waals surface area (Å²) < 4.78 is 24.2. The zero-order valence-corrected chi connectivity index (χ0v) is 13.9. The molecule has 0 spiro atoms. The van der Waals surface area contributed by atoms with Crippen LogP contribution in [0.1, 0.15) is 24.1 Å². The predicted octanol–water partition coefficient (Wildman–Crippen LogP) is 4.44. The van der Waals surface area contributed by atoms with Crippen LogP contribution in [-0.4, -0.2) is 25.2 Å². The van der Waals surface area contributed by atoms with Crippen LogP contribution in [-0.2, 0) is 6.54 Å². The second-order valence-electron chi connectivity index (χ2n) is 5.74. The van der Waals surface area contributed by atoms with Gasteiger partial charge in [0.15, 0.2) is 11.5 Å². The van der Waals surface area contributed by atoms with Crippen molar-refractivity contribution in [2.75, 3.05) is 20.3 Å². The third-order valence-electron chi connectivity index (χ3n) is 4.10. The summed E-state index contributed by atoms with van der Waals surface area (Å²) in [5.41, 5.74) is 2.12. The molecule has 1 aliphatic heterocycles. The summed E-state index contributed by atoms with van der Waals surface area (Å²) in [5.74, 6) is 1.10. The number of benzene rings is 2. The standard InChI is InChI=1S/C18H19ClFNO2/c1-12(14-3-5-15(20)6-4-14)21(2)11-13-9-16(19)18-17(10-13)22-7-8-23-18/h3-6,9-10,12H,7-8,11H2,1-2H3. The monoisotopic (exact) mass is 335 g/mol. The normalized spacial score (nSPS) is 14.8. The second-order valence-corrected chi connectivity index (χ2v) is 6.15. The Morgan fingerprint density at radius 3 is 2.61 bits per heavy atom. The number of fused-ring (bicyclic) bond motifs is 1. The molecule has 1 heterocycles. The highest BCUT2D eigenvalue weighted by molar-refractivity contribution is 6.32. The molecule has 3 nitrogen and oxygen atoms in total. The molecule has 0 saturated heterocycles. The van der Waals surface area contributed by atoms with Crippen molar-refractivity contribution in [3.8, 4) is 11.5 Å². The van der Waals surface area contributed by atoms with Crippen LogP contribution >= 0.6 is 11.6 Å². The first-order valence-corrected chi connectivity index (χ1v) is 7.96. The summed E-state index contributed by atoms with van der Waals surface area (Å²) in [5, 5.41) is 0.569. The van der Waals surface area contributed by atoms with Crippen LogP contribution in [0.3, 0.4) is 0 Å². The molecule has 5 heteroatoms. The van der Waals surface area contributed by atoms with E-state index in [0.717, 1.165) is 11.1 Å². The Bertz CT molecular complexity index is 690. The summed E-state index contributed by atoms with van der Waals surface area (Å²) in [6, 6.07) is 10.6. The number of rotatable bonds is 4. The van der Waals surface area contributed by atoms with E-state index < -0.39 is 0 Å². The Morgan fingerprint density at radius 2 is 1.87 bits per heavy atom. The number of ether oxygens (including phenoxy) is 2. The fraction of sp³-hybridized carbons (Fsp3) is 0.333. The minimum absolute atomic E-state index is 0.155. The molecule has 0 aliphatic carbocycles. The highest BCUT2D eigenvalue weighted by Gasteiger charge is 2.18. The van der Waals surface area contributed by atoms with Crippen molar-refractivity contribution in [1.82, 2.24) is 4.90 Å². The van der Waals surface area contributed by atoms with E-state index in [1.807, 2.05) is 31.3 Å². The lowest BCUT2D eigenvalue weighted by Crippen LogP contribution is -2.22. The first-order valence-electron chi connectivity index (χ1n) is 7.58. The smallest absolute Gasteiger partial charge is 0.179 e. The van der Waals surface area contributed by atoms with Crippen LogP contribution < -0.4 is 9.47 Å². The Labute approximate surface area is 140 Å². The number of nitrogens with zero attached hydrogens (tertiary/aromatic N) is 1. The molecule has 1 atom stereocenters. The topological polar surface area (TPSA) is 21.7 Å². The fourth-order valence-corrected chi connectivity index (χ4v) is 2.96. The van der Waals surface area contributed by atoms with Crippen molar-refractivity contribution >= 4 is 11.6 Å². The average Bonchev–Trinajstić information content (AvgIpc) is 2.55. The molecule has 1 unspecified atom stereocenters. The maximum absolute atomic E-state index is 13.0. The zero-order valence-electron chi connectivity index (χ0n) is 13.2. The van der Waals surface area contributed by atoms with Crippen LogP contribution in [0.2, 0.25) is 5.02 Å². The summed E-state index contributed by atoms with van der Waals surface area (Å²) in [4.78, 5) is 2.18. The van der Waals surface area contributed by atoms with Gasteiger partial charge in [0.2, 0.25) is 0 Å². The summed E-state index contributed by atoms with van der Waals surface area (Å²) in [7, 11) is 2.03. The van der Waals surface area contributed by atoms with Gasteiger partial charge in [0, 0.05) is 12.6 Å². The van der Waals surface area contributed by atoms with Gasteiger partial charge in [0.25, 0.3) is 0 Å². The maximum atomic E-state index is 13.0. The zero-order chi connectivity index (χ0) is 16.4. The molecule has 0 radical (unpaired) electrons. The Morgan fingerprint density at radius 1 is 1.17 bits per heavy atom.